The van der Waals surface area contributed by atoms with Crippen LogP contribution in [0.1, 0.15) is 15.9 Å². The molecule has 3 rings (SSSR count). The maximum atomic E-state index is 11.9. The SMILES string of the molecule is COC(=O)c1ccccc1Nc1ccnc(NCc2ccc(OC)cc2)n1. The molecule has 2 aromatic carbocycles. The zero-order valence-electron chi connectivity index (χ0n) is 15.1. The second-order valence-corrected chi connectivity index (χ2v) is 5.63. The van der Waals surface area contributed by atoms with Crippen molar-refractivity contribution in [2.24, 2.45) is 0 Å². The molecule has 0 saturated carbocycles. The highest BCUT2D eigenvalue weighted by atomic mass is 16.5. The van der Waals surface area contributed by atoms with Gasteiger partial charge in [-0.2, -0.15) is 4.98 Å². The molecule has 7 heteroatoms. The molecule has 0 radical (unpaired) electrons. The average molecular weight is 364 g/mol. The van der Waals surface area contributed by atoms with Gasteiger partial charge in [0.25, 0.3) is 0 Å². The first-order valence-electron chi connectivity index (χ1n) is 8.34. The highest BCUT2D eigenvalue weighted by Gasteiger charge is 2.11. The van der Waals surface area contributed by atoms with Crippen LogP contribution < -0.4 is 15.4 Å². The van der Waals surface area contributed by atoms with Crippen molar-refractivity contribution in [2.75, 3.05) is 24.9 Å². The van der Waals surface area contributed by atoms with Gasteiger partial charge in [0.2, 0.25) is 5.95 Å². The molecule has 0 amide bonds. The van der Waals surface area contributed by atoms with Gasteiger partial charge in [0, 0.05) is 12.7 Å². The largest absolute Gasteiger partial charge is 0.497 e. The predicted octanol–water partition coefficient (Wildman–Crippen LogP) is 3.63. The van der Waals surface area contributed by atoms with Gasteiger partial charge in [-0.3, -0.25) is 0 Å². The van der Waals surface area contributed by atoms with Crippen LogP contribution in [0, 0.1) is 0 Å². The Hall–Kier alpha value is -3.61. The summed E-state index contributed by atoms with van der Waals surface area (Å²) in [4.78, 5) is 20.5. The first-order chi connectivity index (χ1) is 13.2. The zero-order valence-corrected chi connectivity index (χ0v) is 15.1. The third kappa shape index (κ3) is 4.72. The zero-order chi connectivity index (χ0) is 19.1. The van der Waals surface area contributed by atoms with E-state index < -0.39 is 5.97 Å². The summed E-state index contributed by atoms with van der Waals surface area (Å²) in [6, 6.07) is 16.6. The molecular formula is C20H20N4O3. The molecule has 2 N–H and O–H groups in total. The number of aromatic nitrogens is 2. The van der Waals surface area contributed by atoms with E-state index in [0.29, 0.717) is 29.6 Å². The van der Waals surface area contributed by atoms with E-state index in [1.165, 1.54) is 7.11 Å². The minimum absolute atomic E-state index is 0.412. The van der Waals surface area contributed by atoms with Crippen LogP contribution in [-0.4, -0.2) is 30.2 Å². The van der Waals surface area contributed by atoms with Crippen LogP contribution in [0.4, 0.5) is 17.5 Å². The maximum Gasteiger partial charge on any atom is 0.339 e. The van der Waals surface area contributed by atoms with Gasteiger partial charge in [-0.1, -0.05) is 24.3 Å². The van der Waals surface area contributed by atoms with Crippen LogP contribution in [0.2, 0.25) is 0 Å². The van der Waals surface area contributed by atoms with E-state index in [-0.39, 0.29) is 0 Å². The third-order valence-electron chi connectivity index (χ3n) is 3.86. The summed E-state index contributed by atoms with van der Waals surface area (Å²) in [6.07, 6.45) is 1.65. The summed E-state index contributed by atoms with van der Waals surface area (Å²) in [6.45, 7) is 0.576. The molecule has 0 fully saturated rings. The number of nitrogens with one attached hydrogen (secondary N) is 2. The van der Waals surface area contributed by atoms with E-state index in [1.807, 2.05) is 30.3 Å². The molecule has 1 heterocycles. The van der Waals surface area contributed by atoms with Gasteiger partial charge in [0.1, 0.15) is 11.6 Å². The minimum Gasteiger partial charge on any atom is -0.497 e. The van der Waals surface area contributed by atoms with Crippen molar-refractivity contribution in [1.29, 1.82) is 0 Å². The number of benzene rings is 2. The van der Waals surface area contributed by atoms with Crippen molar-refractivity contribution in [3.05, 3.63) is 71.9 Å². The Balaban J connectivity index is 1.69. The number of anilines is 3. The molecule has 0 aliphatic heterocycles. The number of carbonyl (C=O) groups is 1. The number of methoxy groups -OCH3 is 2. The molecule has 0 aliphatic rings. The van der Waals surface area contributed by atoms with Gasteiger partial charge >= 0.3 is 5.97 Å². The molecule has 0 unspecified atom stereocenters. The number of rotatable bonds is 7. The number of hydrogen-bond donors (Lipinski definition) is 2. The summed E-state index contributed by atoms with van der Waals surface area (Å²) in [7, 11) is 2.99. The quantitative estimate of drug-likeness (QED) is 0.619. The van der Waals surface area contributed by atoms with E-state index in [4.69, 9.17) is 9.47 Å². The highest BCUT2D eigenvalue weighted by Crippen LogP contribution is 2.21. The van der Waals surface area contributed by atoms with E-state index in [9.17, 15) is 4.79 Å². The Morgan fingerprint density at radius 3 is 2.56 bits per heavy atom. The number of esters is 1. The fourth-order valence-electron chi connectivity index (χ4n) is 2.46. The van der Waals surface area contributed by atoms with Crippen LogP contribution in [0.25, 0.3) is 0 Å². The third-order valence-corrected chi connectivity index (χ3v) is 3.86. The Bertz CT molecular complexity index is 913. The number of ether oxygens (including phenoxy) is 2. The van der Waals surface area contributed by atoms with Gasteiger partial charge in [-0.15, -0.1) is 0 Å². The molecule has 3 aromatic rings. The predicted molar refractivity (Wildman–Crippen MR) is 103 cm³/mol. The summed E-state index contributed by atoms with van der Waals surface area (Å²) in [5.74, 6) is 1.44. The lowest BCUT2D eigenvalue weighted by atomic mass is 10.2. The molecule has 0 spiro atoms. The molecular weight excluding hydrogens is 344 g/mol. The molecule has 138 valence electrons. The summed E-state index contributed by atoms with van der Waals surface area (Å²) < 4.78 is 9.96. The summed E-state index contributed by atoms with van der Waals surface area (Å²) in [5.41, 5.74) is 2.13. The van der Waals surface area contributed by atoms with Gasteiger partial charge in [0.05, 0.1) is 25.5 Å². The topological polar surface area (TPSA) is 85.4 Å². The van der Waals surface area contributed by atoms with E-state index in [1.54, 1.807) is 37.6 Å². The first-order valence-corrected chi connectivity index (χ1v) is 8.34. The summed E-state index contributed by atoms with van der Waals surface area (Å²) in [5, 5.41) is 6.31. The lowest BCUT2D eigenvalue weighted by Gasteiger charge is -2.11. The van der Waals surface area contributed by atoms with Crippen molar-refractivity contribution in [2.45, 2.75) is 6.54 Å². The Kier molecular flexibility index (Phi) is 5.84. The molecule has 27 heavy (non-hydrogen) atoms. The molecule has 0 atom stereocenters. The van der Waals surface area contributed by atoms with E-state index in [0.717, 1.165) is 11.3 Å². The number of nitrogens with zero attached hydrogens (tertiary/aromatic N) is 2. The minimum atomic E-state index is -0.412. The maximum absolute atomic E-state index is 11.9. The Morgan fingerprint density at radius 2 is 1.81 bits per heavy atom. The lowest BCUT2D eigenvalue weighted by molar-refractivity contribution is 0.0602. The fourth-order valence-corrected chi connectivity index (χ4v) is 2.46. The smallest absolute Gasteiger partial charge is 0.339 e. The Labute approximate surface area is 157 Å². The monoisotopic (exact) mass is 364 g/mol. The second kappa shape index (κ2) is 8.66. The molecule has 1 aromatic heterocycles. The number of para-hydroxylation sites is 1. The van der Waals surface area contributed by atoms with Crippen molar-refractivity contribution < 1.29 is 14.3 Å². The van der Waals surface area contributed by atoms with Gasteiger partial charge in [0.15, 0.2) is 0 Å². The van der Waals surface area contributed by atoms with Crippen molar-refractivity contribution in [3.8, 4) is 5.75 Å². The highest BCUT2D eigenvalue weighted by molar-refractivity contribution is 5.96. The van der Waals surface area contributed by atoms with Crippen LogP contribution in [0.15, 0.2) is 60.8 Å². The lowest BCUT2D eigenvalue weighted by Crippen LogP contribution is -2.08. The van der Waals surface area contributed by atoms with Gasteiger partial charge in [-0.05, 0) is 35.9 Å². The van der Waals surface area contributed by atoms with Gasteiger partial charge in [-0.25, -0.2) is 9.78 Å². The van der Waals surface area contributed by atoms with E-state index >= 15 is 0 Å². The van der Waals surface area contributed by atoms with Crippen LogP contribution in [0.5, 0.6) is 5.75 Å². The fraction of sp³-hybridized carbons (Fsp3) is 0.150. The van der Waals surface area contributed by atoms with Crippen LogP contribution in [-0.2, 0) is 11.3 Å². The van der Waals surface area contributed by atoms with Crippen LogP contribution >= 0.6 is 0 Å². The first kappa shape index (κ1) is 18.2. The standard InChI is InChI=1S/C20H20N4O3/c1-26-15-9-7-14(8-10-15)13-22-20-21-12-11-18(24-20)23-17-6-4-3-5-16(17)19(25)27-2/h3-12H,13H2,1-2H3,(H2,21,22,23,24). The molecule has 0 aliphatic carbocycles. The molecule has 7 nitrogen and oxygen atoms in total. The summed E-state index contributed by atoms with van der Waals surface area (Å²) >= 11 is 0. The second-order valence-electron chi connectivity index (χ2n) is 5.63. The van der Waals surface area contributed by atoms with Crippen molar-refractivity contribution in [1.82, 2.24) is 9.97 Å². The normalized spacial score (nSPS) is 10.1. The average Bonchev–Trinajstić information content (AvgIpc) is 2.73. The Morgan fingerprint density at radius 1 is 1.04 bits per heavy atom. The number of hydrogen-bond acceptors (Lipinski definition) is 7. The molecule has 0 saturated heterocycles. The van der Waals surface area contributed by atoms with Crippen molar-refractivity contribution in [3.63, 3.8) is 0 Å². The van der Waals surface area contributed by atoms with Gasteiger partial charge < -0.3 is 20.1 Å². The van der Waals surface area contributed by atoms with Crippen molar-refractivity contribution >= 4 is 23.4 Å². The van der Waals surface area contributed by atoms with E-state index in [2.05, 4.69) is 20.6 Å². The molecule has 0 bridgehead atoms. The number of carbonyl (C=O) groups excluding carboxylic acids is 1. The van der Waals surface area contributed by atoms with Crippen LogP contribution in [0.3, 0.4) is 0 Å².